The molecule has 2 heterocycles. The highest BCUT2D eigenvalue weighted by atomic mass is 16.2. The molecule has 0 spiro atoms. The molecule has 33 heavy (non-hydrogen) atoms. The standard InChI is InChI=1S/C25H25N3O5/c29-15-17-5-9-19(10-6-17)24(32)28-14-2-4-22(28)25(33)27-13-1-3-21(27)23(31)26-20-11-7-18(16-30)8-12-20/h5-12,15-16,21-22H,1-4,13-14H2,(H,26,31)/t21-,22-/m1/s1. The largest absolute Gasteiger partial charge is 0.329 e. The van der Waals surface area contributed by atoms with Crippen molar-refractivity contribution in [2.24, 2.45) is 0 Å². The molecular weight excluding hydrogens is 422 g/mol. The second-order valence-electron chi connectivity index (χ2n) is 8.32. The van der Waals surface area contributed by atoms with Gasteiger partial charge in [0.1, 0.15) is 24.7 Å². The van der Waals surface area contributed by atoms with Crippen molar-refractivity contribution >= 4 is 36.0 Å². The minimum Gasteiger partial charge on any atom is -0.329 e. The lowest BCUT2D eigenvalue weighted by Crippen LogP contribution is -2.51. The van der Waals surface area contributed by atoms with Gasteiger partial charge in [0.2, 0.25) is 11.8 Å². The number of hydrogen-bond donors (Lipinski definition) is 1. The molecule has 8 nitrogen and oxygen atoms in total. The van der Waals surface area contributed by atoms with E-state index in [1.54, 1.807) is 58.3 Å². The number of anilines is 1. The molecule has 0 aliphatic carbocycles. The van der Waals surface area contributed by atoms with Gasteiger partial charge in [0, 0.05) is 35.5 Å². The lowest BCUT2D eigenvalue weighted by atomic mass is 10.1. The summed E-state index contributed by atoms with van der Waals surface area (Å²) in [7, 11) is 0. The van der Waals surface area contributed by atoms with E-state index >= 15 is 0 Å². The van der Waals surface area contributed by atoms with Crippen LogP contribution in [0.25, 0.3) is 0 Å². The Bertz CT molecular complexity index is 1060. The molecule has 0 saturated carbocycles. The Morgan fingerprint density at radius 1 is 0.758 bits per heavy atom. The van der Waals surface area contributed by atoms with Gasteiger partial charge < -0.3 is 15.1 Å². The monoisotopic (exact) mass is 447 g/mol. The zero-order chi connectivity index (χ0) is 23.4. The zero-order valence-corrected chi connectivity index (χ0v) is 18.1. The van der Waals surface area contributed by atoms with Crippen LogP contribution in [-0.4, -0.2) is 65.3 Å². The van der Waals surface area contributed by atoms with Crippen molar-refractivity contribution in [2.75, 3.05) is 18.4 Å². The molecular formula is C25H25N3O5. The van der Waals surface area contributed by atoms with Gasteiger partial charge in [-0.25, -0.2) is 0 Å². The molecule has 2 aliphatic heterocycles. The fraction of sp³-hybridized carbons (Fsp3) is 0.320. The van der Waals surface area contributed by atoms with E-state index in [0.717, 1.165) is 6.29 Å². The summed E-state index contributed by atoms with van der Waals surface area (Å²) in [5.41, 5.74) is 1.97. The van der Waals surface area contributed by atoms with E-state index in [-0.39, 0.29) is 17.7 Å². The first-order valence-electron chi connectivity index (χ1n) is 11.0. The number of carbonyl (C=O) groups is 5. The Morgan fingerprint density at radius 2 is 1.30 bits per heavy atom. The van der Waals surface area contributed by atoms with Crippen molar-refractivity contribution in [2.45, 2.75) is 37.8 Å². The Labute approximate surface area is 191 Å². The van der Waals surface area contributed by atoms with Crippen molar-refractivity contribution in [3.63, 3.8) is 0 Å². The average Bonchev–Trinajstić information content (AvgIpc) is 3.54. The maximum Gasteiger partial charge on any atom is 0.254 e. The minimum absolute atomic E-state index is 0.209. The fourth-order valence-corrected chi connectivity index (χ4v) is 4.50. The molecule has 1 N–H and O–H groups in total. The van der Waals surface area contributed by atoms with Gasteiger partial charge in [0.05, 0.1) is 0 Å². The van der Waals surface area contributed by atoms with Gasteiger partial charge in [-0.2, -0.15) is 0 Å². The molecule has 4 rings (SSSR count). The number of rotatable bonds is 6. The van der Waals surface area contributed by atoms with Crippen molar-refractivity contribution in [1.29, 1.82) is 0 Å². The Kier molecular flexibility index (Phi) is 6.63. The molecule has 2 aromatic rings. The first-order chi connectivity index (χ1) is 16.0. The minimum atomic E-state index is -0.608. The van der Waals surface area contributed by atoms with Crippen LogP contribution in [0.3, 0.4) is 0 Å². The number of aldehydes is 2. The lowest BCUT2D eigenvalue weighted by molar-refractivity contribution is -0.139. The third kappa shape index (κ3) is 4.69. The normalized spacial score (nSPS) is 19.9. The molecule has 0 aromatic heterocycles. The topological polar surface area (TPSA) is 104 Å². The molecule has 8 heteroatoms. The van der Waals surface area contributed by atoms with E-state index in [2.05, 4.69) is 5.32 Å². The van der Waals surface area contributed by atoms with E-state index in [4.69, 9.17) is 0 Å². The third-order valence-electron chi connectivity index (χ3n) is 6.25. The van der Waals surface area contributed by atoms with E-state index in [9.17, 15) is 24.0 Å². The first kappa shape index (κ1) is 22.4. The van der Waals surface area contributed by atoms with Crippen LogP contribution in [0, 0.1) is 0 Å². The second kappa shape index (κ2) is 9.77. The summed E-state index contributed by atoms with van der Waals surface area (Å²) in [6.45, 7) is 0.937. The van der Waals surface area contributed by atoms with Crippen LogP contribution < -0.4 is 5.32 Å². The lowest BCUT2D eigenvalue weighted by Gasteiger charge is -2.31. The smallest absolute Gasteiger partial charge is 0.254 e. The summed E-state index contributed by atoms with van der Waals surface area (Å²) in [5, 5.41) is 2.82. The number of nitrogens with one attached hydrogen (secondary N) is 1. The Morgan fingerprint density at radius 3 is 1.91 bits per heavy atom. The summed E-state index contributed by atoms with van der Waals surface area (Å²) in [6.07, 6.45) is 3.97. The van der Waals surface area contributed by atoms with E-state index in [0.29, 0.717) is 67.4 Å². The van der Waals surface area contributed by atoms with E-state index in [1.807, 2.05) is 0 Å². The zero-order valence-electron chi connectivity index (χ0n) is 18.1. The molecule has 0 bridgehead atoms. The molecule has 2 aliphatic rings. The fourth-order valence-electron chi connectivity index (χ4n) is 4.50. The van der Waals surface area contributed by atoms with Gasteiger partial charge >= 0.3 is 0 Å². The van der Waals surface area contributed by atoms with Crippen LogP contribution in [0.15, 0.2) is 48.5 Å². The van der Waals surface area contributed by atoms with Crippen molar-refractivity contribution in [3.05, 3.63) is 65.2 Å². The Balaban J connectivity index is 1.45. The van der Waals surface area contributed by atoms with Gasteiger partial charge in [0.15, 0.2) is 0 Å². The third-order valence-corrected chi connectivity index (χ3v) is 6.25. The van der Waals surface area contributed by atoms with Crippen LogP contribution >= 0.6 is 0 Å². The summed E-state index contributed by atoms with van der Waals surface area (Å²) >= 11 is 0. The van der Waals surface area contributed by atoms with Crippen molar-refractivity contribution in [3.8, 4) is 0 Å². The number of likely N-dealkylation sites (tertiary alicyclic amines) is 2. The second-order valence-corrected chi connectivity index (χ2v) is 8.32. The van der Waals surface area contributed by atoms with Crippen LogP contribution in [0.2, 0.25) is 0 Å². The molecule has 2 aromatic carbocycles. The molecule has 0 unspecified atom stereocenters. The molecule has 2 atom stereocenters. The number of carbonyl (C=O) groups excluding carboxylic acids is 5. The molecule has 3 amide bonds. The number of nitrogens with zero attached hydrogens (tertiary/aromatic N) is 2. The average molecular weight is 447 g/mol. The van der Waals surface area contributed by atoms with Gasteiger partial charge in [-0.15, -0.1) is 0 Å². The van der Waals surface area contributed by atoms with Crippen LogP contribution in [0.1, 0.15) is 56.8 Å². The molecule has 2 fully saturated rings. The molecule has 2 saturated heterocycles. The Hall–Kier alpha value is -3.81. The maximum absolute atomic E-state index is 13.4. The van der Waals surface area contributed by atoms with Crippen molar-refractivity contribution < 1.29 is 24.0 Å². The summed E-state index contributed by atoms with van der Waals surface area (Å²) in [4.78, 5) is 64.2. The van der Waals surface area contributed by atoms with E-state index < -0.39 is 12.1 Å². The number of benzene rings is 2. The highest BCUT2D eigenvalue weighted by molar-refractivity contribution is 6.01. The van der Waals surface area contributed by atoms with Gasteiger partial charge in [-0.1, -0.05) is 12.1 Å². The molecule has 170 valence electrons. The number of amides is 3. The van der Waals surface area contributed by atoms with Gasteiger partial charge in [-0.3, -0.25) is 24.0 Å². The first-order valence-corrected chi connectivity index (χ1v) is 11.0. The van der Waals surface area contributed by atoms with Gasteiger partial charge in [0.25, 0.3) is 5.91 Å². The highest BCUT2D eigenvalue weighted by Gasteiger charge is 2.42. The molecule has 0 radical (unpaired) electrons. The predicted octanol–water partition coefficient (Wildman–Crippen LogP) is 2.55. The quantitative estimate of drug-likeness (QED) is 0.686. The van der Waals surface area contributed by atoms with Crippen LogP contribution in [0.5, 0.6) is 0 Å². The van der Waals surface area contributed by atoms with Crippen LogP contribution in [-0.2, 0) is 9.59 Å². The van der Waals surface area contributed by atoms with Crippen molar-refractivity contribution in [1.82, 2.24) is 9.80 Å². The predicted molar refractivity (Wildman–Crippen MR) is 121 cm³/mol. The summed E-state index contributed by atoms with van der Waals surface area (Å²) < 4.78 is 0. The summed E-state index contributed by atoms with van der Waals surface area (Å²) in [5.74, 6) is -0.738. The van der Waals surface area contributed by atoms with Crippen LogP contribution in [0.4, 0.5) is 5.69 Å². The summed E-state index contributed by atoms with van der Waals surface area (Å²) in [6, 6.07) is 11.7. The SMILES string of the molecule is O=Cc1ccc(NC(=O)[C@H]2CCCN2C(=O)[C@H]2CCCN2C(=O)c2ccc(C=O)cc2)cc1. The number of hydrogen-bond acceptors (Lipinski definition) is 5. The van der Waals surface area contributed by atoms with E-state index in [1.165, 1.54) is 0 Å². The highest BCUT2D eigenvalue weighted by Crippen LogP contribution is 2.27. The maximum atomic E-state index is 13.4. The van der Waals surface area contributed by atoms with Gasteiger partial charge in [-0.05, 0) is 62.1 Å².